The molecular formula is C44H24OS2. The van der Waals surface area contributed by atoms with Gasteiger partial charge < -0.3 is 4.42 Å². The van der Waals surface area contributed by atoms with Crippen molar-refractivity contribution in [3.05, 3.63) is 145 Å². The van der Waals surface area contributed by atoms with Crippen LogP contribution in [0.1, 0.15) is 0 Å². The van der Waals surface area contributed by atoms with Gasteiger partial charge in [0, 0.05) is 52.2 Å². The average molecular weight is 633 g/mol. The van der Waals surface area contributed by atoms with Gasteiger partial charge in [0.25, 0.3) is 0 Å². The molecule has 0 radical (unpaired) electrons. The molecular weight excluding hydrogens is 609 g/mol. The van der Waals surface area contributed by atoms with E-state index in [1.807, 2.05) is 22.7 Å². The van der Waals surface area contributed by atoms with Crippen LogP contribution in [0.15, 0.2) is 149 Å². The number of rotatable bonds is 2. The van der Waals surface area contributed by atoms with Crippen molar-refractivity contribution in [3.63, 3.8) is 0 Å². The van der Waals surface area contributed by atoms with E-state index < -0.39 is 0 Å². The molecule has 11 aromatic rings. The summed E-state index contributed by atoms with van der Waals surface area (Å²) in [6.45, 7) is 0. The lowest BCUT2D eigenvalue weighted by Gasteiger charge is -2.20. The standard InChI is InChI=1S/C44H24OS2/c1-6-18-33-26(11-1)34(24-35-27-12-7-9-19-37(27)45-42(33)35)39-29-14-2-4-16-31(29)40(32-17-5-3-15-30(32)39)41-43-25(21-22-46-43)23-36-28-13-8-10-20-38(28)47-44(36)41/h1-24H. The van der Waals surface area contributed by atoms with Gasteiger partial charge in [-0.3, -0.25) is 0 Å². The number of furan rings is 1. The van der Waals surface area contributed by atoms with Crippen molar-refractivity contribution >= 4 is 107 Å². The summed E-state index contributed by atoms with van der Waals surface area (Å²) < 4.78 is 10.6. The number of hydrogen-bond acceptors (Lipinski definition) is 3. The van der Waals surface area contributed by atoms with Gasteiger partial charge in [0.2, 0.25) is 0 Å². The molecule has 0 aliphatic heterocycles. The molecule has 11 rings (SSSR count). The number of para-hydroxylation sites is 1. The molecule has 0 aliphatic rings. The third kappa shape index (κ3) is 3.48. The van der Waals surface area contributed by atoms with Crippen LogP contribution in [0.5, 0.6) is 0 Å². The molecule has 218 valence electrons. The summed E-state index contributed by atoms with van der Waals surface area (Å²) in [6.07, 6.45) is 0. The van der Waals surface area contributed by atoms with Gasteiger partial charge in [-0.2, -0.15) is 0 Å². The van der Waals surface area contributed by atoms with Gasteiger partial charge in [-0.15, -0.1) is 22.7 Å². The Hall–Kier alpha value is -5.48. The Morgan fingerprint density at radius 2 is 1.00 bits per heavy atom. The lowest BCUT2D eigenvalue weighted by Crippen LogP contribution is -1.92. The Morgan fingerprint density at radius 1 is 0.404 bits per heavy atom. The fraction of sp³-hybridized carbons (Fsp3) is 0. The number of thiophene rings is 2. The van der Waals surface area contributed by atoms with E-state index in [4.69, 9.17) is 4.42 Å². The third-order valence-electron chi connectivity index (χ3n) is 9.92. The average Bonchev–Trinajstić information content (AvgIpc) is 3.85. The van der Waals surface area contributed by atoms with Crippen LogP contribution in [0.2, 0.25) is 0 Å². The van der Waals surface area contributed by atoms with Gasteiger partial charge in [0.05, 0.1) is 0 Å². The number of benzene rings is 8. The second-order valence-corrected chi connectivity index (χ2v) is 14.3. The monoisotopic (exact) mass is 632 g/mol. The summed E-state index contributed by atoms with van der Waals surface area (Å²) in [5.41, 5.74) is 7.06. The van der Waals surface area contributed by atoms with E-state index in [0.29, 0.717) is 0 Å². The molecule has 8 aromatic carbocycles. The molecule has 3 aromatic heterocycles. The van der Waals surface area contributed by atoms with Crippen molar-refractivity contribution < 1.29 is 4.42 Å². The van der Waals surface area contributed by atoms with E-state index in [1.54, 1.807) is 0 Å². The SMILES string of the molecule is c1ccc2c(c1)oc1c3ccccc3c(-c3c4ccccc4c(-c4c5sccc5cc5c4sc4ccccc45)c4ccccc34)cc21. The summed E-state index contributed by atoms with van der Waals surface area (Å²) >= 11 is 3.77. The zero-order chi connectivity index (χ0) is 30.6. The van der Waals surface area contributed by atoms with E-state index >= 15 is 0 Å². The van der Waals surface area contributed by atoms with Crippen molar-refractivity contribution in [2.24, 2.45) is 0 Å². The molecule has 0 saturated heterocycles. The maximum atomic E-state index is 6.51. The van der Waals surface area contributed by atoms with E-state index in [2.05, 4.69) is 145 Å². The van der Waals surface area contributed by atoms with Gasteiger partial charge in [-0.1, -0.05) is 109 Å². The van der Waals surface area contributed by atoms with Crippen molar-refractivity contribution in [3.8, 4) is 22.3 Å². The summed E-state index contributed by atoms with van der Waals surface area (Å²) in [7, 11) is 0. The Labute approximate surface area is 277 Å². The molecule has 47 heavy (non-hydrogen) atoms. The lowest BCUT2D eigenvalue weighted by molar-refractivity contribution is 0.672. The quantitative estimate of drug-likeness (QED) is 0.173. The maximum absolute atomic E-state index is 6.51. The number of fused-ring (bicyclic) bond motifs is 11. The molecule has 0 saturated carbocycles. The lowest BCUT2D eigenvalue weighted by atomic mass is 9.84. The first-order valence-electron chi connectivity index (χ1n) is 15.9. The normalized spacial score (nSPS) is 12.3. The van der Waals surface area contributed by atoms with Crippen LogP contribution in [0.3, 0.4) is 0 Å². The Balaban J connectivity index is 1.35. The molecule has 3 heterocycles. The first kappa shape index (κ1) is 25.7. The molecule has 1 nitrogen and oxygen atoms in total. The summed E-state index contributed by atoms with van der Waals surface area (Å²) in [5.74, 6) is 0. The largest absolute Gasteiger partial charge is 0.455 e. The summed E-state index contributed by atoms with van der Waals surface area (Å²) in [4.78, 5) is 0. The van der Waals surface area contributed by atoms with E-state index in [-0.39, 0.29) is 0 Å². The van der Waals surface area contributed by atoms with Crippen molar-refractivity contribution in [2.45, 2.75) is 0 Å². The predicted octanol–water partition coefficient (Wildman–Crippen LogP) is 14.0. The first-order valence-corrected chi connectivity index (χ1v) is 17.6. The predicted molar refractivity (Wildman–Crippen MR) is 205 cm³/mol. The van der Waals surface area contributed by atoms with Crippen LogP contribution in [-0.2, 0) is 0 Å². The first-order chi connectivity index (χ1) is 23.3. The minimum atomic E-state index is 0.922. The van der Waals surface area contributed by atoms with E-state index in [0.717, 1.165) is 27.3 Å². The fourth-order valence-electron chi connectivity index (χ4n) is 7.96. The van der Waals surface area contributed by atoms with E-state index in [1.165, 1.54) is 79.4 Å². The molecule has 0 atom stereocenters. The Morgan fingerprint density at radius 3 is 1.74 bits per heavy atom. The van der Waals surface area contributed by atoms with Crippen molar-refractivity contribution in [1.82, 2.24) is 0 Å². The van der Waals surface area contributed by atoms with Gasteiger partial charge in [-0.05, 0) is 79.2 Å². The van der Waals surface area contributed by atoms with Gasteiger partial charge in [0.1, 0.15) is 11.2 Å². The van der Waals surface area contributed by atoms with Gasteiger partial charge in [-0.25, -0.2) is 0 Å². The van der Waals surface area contributed by atoms with Gasteiger partial charge >= 0.3 is 0 Å². The minimum absolute atomic E-state index is 0.922. The fourth-order valence-corrected chi connectivity index (χ4v) is 10.2. The van der Waals surface area contributed by atoms with Crippen LogP contribution < -0.4 is 0 Å². The summed E-state index contributed by atoms with van der Waals surface area (Å²) in [5, 5.41) is 16.0. The van der Waals surface area contributed by atoms with Crippen molar-refractivity contribution in [1.29, 1.82) is 0 Å². The topological polar surface area (TPSA) is 13.1 Å². The zero-order valence-electron chi connectivity index (χ0n) is 25.1. The highest BCUT2D eigenvalue weighted by Gasteiger charge is 2.24. The molecule has 0 N–H and O–H groups in total. The third-order valence-corrected chi connectivity index (χ3v) is 12.1. The maximum Gasteiger partial charge on any atom is 0.143 e. The second kappa shape index (κ2) is 9.52. The molecule has 0 unspecified atom stereocenters. The van der Waals surface area contributed by atoms with Crippen LogP contribution in [-0.4, -0.2) is 0 Å². The second-order valence-electron chi connectivity index (χ2n) is 12.4. The van der Waals surface area contributed by atoms with Gasteiger partial charge in [0.15, 0.2) is 0 Å². The Bertz CT molecular complexity index is 3020. The summed E-state index contributed by atoms with van der Waals surface area (Å²) in [6, 6.07) is 51.1. The molecule has 0 bridgehead atoms. The highest BCUT2D eigenvalue weighted by Crippen LogP contribution is 2.52. The molecule has 0 aliphatic carbocycles. The zero-order valence-corrected chi connectivity index (χ0v) is 26.7. The van der Waals surface area contributed by atoms with Crippen LogP contribution in [0.4, 0.5) is 0 Å². The van der Waals surface area contributed by atoms with Crippen LogP contribution >= 0.6 is 22.7 Å². The molecule has 3 heteroatoms. The molecule has 0 amide bonds. The van der Waals surface area contributed by atoms with E-state index in [9.17, 15) is 0 Å². The Kier molecular flexibility index (Phi) is 5.20. The van der Waals surface area contributed by atoms with Crippen molar-refractivity contribution in [2.75, 3.05) is 0 Å². The molecule has 0 spiro atoms. The smallest absolute Gasteiger partial charge is 0.143 e. The highest BCUT2D eigenvalue weighted by atomic mass is 32.1. The minimum Gasteiger partial charge on any atom is -0.455 e. The number of hydrogen-bond donors (Lipinski definition) is 0. The van der Waals surface area contributed by atoms with Crippen LogP contribution in [0, 0.1) is 0 Å². The van der Waals surface area contributed by atoms with Crippen LogP contribution in [0.25, 0.3) is 107 Å². The molecule has 0 fully saturated rings. The highest BCUT2D eigenvalue weighted by molar-refractivity contribution is 7.27.